The summed E-state index contributed by atoms with van der Waals surface area (Å²) in [6.45, 7) is 3.67. The van der Waals surface area contributed by atoms with Crippen molar-refractivity contribution in [3.8, 4) is 5.75 Å². The Morgan fingerprint density at radius 3 is 2.67 bits per heavy atom. The monoisotopic (exact) mass is 706 g/mol. The average molecular weight is 707 g/mol. The lowest BCUT2D eigenvalue weighted by atomic mass is 9.96. The van der Waals surface area contributed by atoms with Crippen LogP contribution >= 0.6 is 68.1 Å². The van der Waals surface area contributed by atoms with Crippen LogP contribution in [-0.2, 0) is 9.53 Å². The summed E-state index contributed by atoms with van der Waals surface area (Å²) in [6.07, 6.45) is 1.66. The fourth-order valence-electron chi connectivity index (χ4n) is 3.59. The van der Waals surface area contributed by atoms with Crippen molar-refractivity contribution in [1.29, 1.82) is 0 Å². The number of thiazole rings is 1. The quantitative estimate of drug-likeness (QED) is 0.323. The highest BCUT2D eigenvalue weighted by atomic mass is 127. The van der Waals surface area contributed by atoms with Crippen molar-refractivity contribution in [1.82, 2.24) is 4.57 Å². The van der Waals surface area contributed by atoms with Crippen LogP contribution in [0.25, 0.3) is 6.08 Å². The molecular formula is C23H17ClI2N2O4S. The maximum atomic E-state index is 13.6. The molecule has 0 aliphatic carbocycles. The van der Waals surface area contributed by atoms with Crippen LogP contribution in [-0.4, -0.2) is 22.2 Å². The lowest BCUT2D eigenvalue weighted by Gasteiger charge is -2.24. The number of fused-ring (bicyclic) bond motifs is 1. The summed E-state index contributed by atoms with van der Waals surface area (Å²) in [5, 5.41) is 11.0. The molecule has 10 heteroatoms. The molecule has 0 saturated carbocycles. The maximum absolute atomic E-state index is 13.6. The van der Waals surface area contributed by atoms with Gasteiger partial charge in [0.15, 0.2) is 4.80 Å². The Bertz CT molecular complexity index is 1480. The Kier molecular flexibility index (Phi) is 7.32. The maximum Gasteiger partial charge on any atom is 0.338 e. The zero-order chi connectivity index (χ0) is 23.9. The fourth-order valence-corrected chi connectivity index (χ4v) is 6.64. The molecule has 1 aromatic heterocycles. The van der Waals surface area contributed by atoms with Crippen LogP contribution in [0.1, 0.15) is 31.0 Å². The van der Waals surface area contributed by atoms with Crippen molar-refractivity contribution in [2.75, 3.05) is 6.61 Å². The van der Waals surface area contributed by atoms with Crippen molar-refractivity contribution in [2.24, 2.45) is 4.99 Å². The van der Waals surface area contributed by atoms with E-state index in [9.17, 15) is 14.7 Å². The highest BCUT2D eigenvalue weighted by Crippen LogP contribution is 2.31. The van der Waals surface area contributed by atoms with E-state index in [1.807, 2.05) is 12.1 Å². The van der Waals surface area contributed by atoms with Crippen molar-refractivity contribution >= 4 is 80.2 Å². The first-order chi connectivity index (χ1) is 15.7. The summed E-state index contributed by atoms with van der Waals surface area (Å²) in [6, 6.07) is 9.97. The number of carbonyl (C=O) groups excluding carboxylic acids is 1. The minimum atomic E-state index is -0.704. The van der Waals surface area contributed by atoms with E-state index in [1.54, 1.807) is 44.2 Å². The summed E-state index contributed by atoms with van der Waals surface area (Å²) in [5.41, 5.74) is 1.76. The van der Waals surface area contributed by atoms with E-state index in [1.165, 1.54) is 15.9 Å². The average Bonchev–Trinajstić information content (AvgIpc) is 3.06. The van der Waals surface area contributed by atoms with Gasteiger partial charge in [0.1, 0.15) is 5.75 Å². The van der Waals surface area contributed by atoms with Crippen LogP contribution in [0.3, 0.4) is 0 Å². The number of hydrogen-bond donors (Lipinski definition) is 1. The number of aromatic hydroxyl groups is 1. The van der Waals surface area contributed by atoms with Crippen LogP contribution in [0.5, 0.6) is 5.75 Å². The topological polar surface area (TPSA) is 80.9 Å². The van der Waals surface area contributed by atoms with Crippen molar-refractivity contribution < 1.29 is 14.6 Å². The third kappa shape index (κ3) is 4.77. The van der Waals surface area contributed by atoms with Gasteiger partial charge in [0.2, 0.25) is 0 Å². The molecule has 0 saturated heterocycles. The number of ether oxygens (including phenoxy) is 1. The van der Waals surface area contributed by atoms with E-state index in [0.717, 1.165) is 9.13 Å². The van der Waals surface area contributed by atoms with Gasteiger partial charge >= 0.3 is 5.97 Å². The van der Waals surface area contributed by atoms with Gasteiger partial charge in [-0.25, -0.2) is 9.79 Å². The molecule has 1 atom stereocenters. The Hall–Kier alpha value is -1.70. The van der Waals surface area contributed by atoms with Crippen molar-refractivity contribution in [2.45, 2.75) is 19.9 Å². The molecule has 1 N–H and O–H groups in total. The number of nitrogens with zero attached hydrogens (tertiary/aromatic N) is 2. The molecule has 1 aliphatic rings. The van der Waals surface area contributed by atoms with Gasteiger partial charge in [0, 0.05) is 14.2 Å². The highest BCUT2D eigenvalue weighted by molar-refractivity contribution is 14.1. The highest BCUT2D eigenvalue weighted by Gasteiger charge is 2.33. The Labute approximate surface area is 225 Å². The van der Waals surface area contributed by atoms with Gasteiger partial charge in [0.05, 0.1) is 32.0 Å². The number of allylic oxidation sites excluding steroid dienone is 1. The molecule has 0 amide bonds. The SMILES string of the molecule is CCOC(=O)C1=C(C)N=c2s/c(=C\c3cc(I)cc(I)c3O)c(=O)n2C1c1ccc(Cl)cc1. The molecule has 1 unspecified atom stereocenters. The zero-order valence-corrected chi connectivity index (χ0v) is 23.3. The predicted molar refractivity (Wildman–Crippen MR) is 145 cm³/mol. The van der Waals surface area contributed by atoms with Gasteiger partial charge in [0.25, 0.3) is 5.56 Å². The normalized spacial score (nSPS) is 15.9. The van der Waals surface area contributed by atoms with E-state index < -0.39 is 12.0 Å². The second-order valence-electron chi connectivity index (χ2n) is 7.18. The second-order valence-corrected chi connectivity index (χ2v) is 11.0. The lowest BCUT2D eigenvalue weighted by molar-refractivity contribution is -0.139. The zero-order valence-electron chi connectivity index (χ0n) is 17.4. The number of aromatic nitrogens is 1. The van der Waals surface area contributed by atoms with Gasteiger partial charge in [-0.3, -0.25) is 9.36 Å². The first kappa shape index (κ1) is 24.4. The molecular weight excluding hydrogens is 690 g/mol. The van der Waals surface area contributed by atoms with Crippen molar-refractivity contribution in [3.63, 3.8) is 0 Å². The molecule has 0 bridgehead atoms. The van der Waals surface area contributed by atoms with Crippen LogP contribution < -0.4 is 14.9 Å². The number of carbonyl (C=O) groups is 1. The Balaban J connectivity index is 1.98. The van der Waals surface area contributed by atoms with E-state index in [4.69, 9.17) is 16.3 Å². The van der Waals surface area contributed by atoms with Crippen LogP contribution in [0.15, 0.2) is 57.5 Å². The summed E-state index contributed by atoms with van der Waals surface area (Å²) in [7, 11) is 0. The third-order valence-electron chi connectivity index (χ3n) is 5.05. The van der Waals surface area contributed by atoms with Crippen LogP contribution in [0.2, 0.25) is 5.02 Å². The van der Waals surface area contributed by atoms with Gasteiger partial charge in [-0.15, -0.1) is 0 Å². The van der Waals surface area contributed by atoms with E-state index >= 15 is 0 Å². The first-order valence-corrected chi connectivity index (χ1v) is 13.2. The molecule has 1 aliphatic heterocycles. The molecule has 33 heavy (non-hydrogen) atoms. The second kappa shape index (κ2) is 9.88. The number of phenols is 1. The molecule has 2 heterocycles. The van der Waals surface area contributed by atoms with Gasteiger partial charge < -0.3 is 9.84 Å². The predicted octanol–water partition coefficient (Wildman–Crippen LogP) is 4.37. The minimum absolute atomic E-state index is 0.111. The number of rotatable bonds is 4. The number of esters is 1. The van der Waals surface area contributed by atoms with Crippen molar-refractivity contribution in [3.05, 3.63) is 90.6 Å². The largest absolute Gasteiger partial charge is 0.506 e. The Morgan fingerprint density at radius 2 is 2.00 bits per heavy atom. The smallest absolute Gasteiger partial charge is 0.338 e. The third-order valence-corrected chi connectivity index (χ3v) is 7.73. The van der Waals surface area contributed by atoms with Gasteiger partial charge in [-0.05, 0) is 94.9 Å². The molecule has 0 spiro atoms. The first-order valence-electron chi connectivity index (χ1n) is 9.84. The molecule has 4 rings (SSSR count). The molecule has 6 nitrogen and oxygen atoms in total. The lowest BCUT2D eigenvalue weighted by Crippen LogP contribution is -2.39. The Morgan fingerprint density at radius 1 is 1.30 bits per heavy atom. The number of benzene rings is 2. The summed E-state index contributed by atoms with van der Waals surface area (Å²) >= 11 is 11.5. The number of hydrogen-bond acceptors (Lipinski definition) is 6. The molecule has 3 aromatic rings. The molecule has 170 valence electrons. The molecule has 0 fully saturated rings. The summed E-state index contributed by atoms with van der Waals surface area (Å²) < 4.78 is 8.83. The minimum Gasteiger partial charge on any atom is -0.506 e. The van der Waals surface area contributed by atoms with Crippen LogP contribution in [0, 0.1) is 7.14 Å². The number of phenolic OH excluding ortho intramolecular Hbond substituents is 1. The summed E-state index contributed by atoms with van der Waals surface area (Å²) in [4.78, 5) is 31.5. The molecule has 2 aromatic carbocycles. The fraction of sp³-hybridized carbons (Fsp3) is 0.174. The van der Waals surface area contributed by atoms with Gasteiger partial charge in [-0.2, -0.15) is 0 Å². The van der Waals surface area contributed by atoms with E-state index in [-0.39, 0.29) is 17.9 Å². The van der Waals surface area contributed by atoms with Crippen LogP contribution in [0.4, 0.5) is 0 Å². The molecule has 0 radical (unpaired) electrons. The summed E-state index contributed by atoms with van der Waals surface area (Å²) in [5.74, 6) is -0.405. The standard InChI is InChI=1S/C23H17ClI2N2O4S/c1-3-32-22(31)18-11(2)27-23-28(19(18)12-4-6-14(24)7-5-12)21(30)17(33-23)9-13-8-15(25)10-16(26)20(13)29/h4-10,19,29H,3H2,1-2H3/b17-9-. The van der Waals surface area contributed by atoms with E-state index in [2.05, 4.69) is 50.2 Å². The van der Waals surface area contributed by atoms with E-state index in [0.29, 0.717) is 34.8 Å². The van der Waals surface area contributed by atoms with Gasteiger partial charge in [-0.1, -0.05) is 35.1 Å². The number of halogens is 3.